The van der Waals surface area contributed by atoms with Crippen molar-refractivity contribution in [3.05, 3.63) is 28.2 Å². The van der Waals surface area contributed by atoms with Gasteiger partial charge in [0, 0.05) is 21.8 Å². The van der Waals surface area contributed by atoms with Gasteiger partial charge in [-0.05, 0) is 39.0 Å². The van der Waals surface area contributed by atoms with Gasteiger partial charge in [0.05, 0.1) is 0 Å². The molecule has 0 fully saturated rings. The zero-order chi connectivity index (χ0) is 14.6. The van der Waals surface area contributed by atoms with Gasteiger partial charge in [-0.3, -0.25) is 4.79 Å². The molecule has 1 atom stereocenters. The van der Waals surface area contributed by atoms with Crippen LogP contribution in [0.5, 0.6) is 0 Å². The summed E-state index contributed by atoms with van der Waals surface area (Å²) in [6.45, 7) is 5.64. The van der Waals surface area contributed by atoms with E-state index < -0.39 is 0 Å². The van der Waals surface area contributed by atoms with Crippen molar-refractivity contribution in [3.63, 3.8) is 0 Å². The zero-order valence-electron chi connectivity index (χ0n) is 11.2. The monoisotopic (exact) mass is 343 g/mol. The number of nitrogens with two attached hydrogens (primary N) is 1. The van der Waals surface area contributed by atoms with Crippen LogP contribution in [0.25, 0.3) is 0 Å². The molecular formula is C13H18BrN3OS. The van der Waals surface area contributed by atoms with Crippen molar-refractivity contribution in [1.29, 1.82) is 0 Å². The summed E-state index contributed by atoms with van der Waals surface area (Å²) in [5.41, 5.74) is 7.14. The Morgan fingerprint density at radius 2 is 2.00 bits per heavy atom. The Bertz CT molecular complexity index is 491. The third-order valence-corrected chi connectivity index (χ3v) is 3.16. The van der Waals surface area contributed by atoms with E-state index in [9.17, 15) is 4.79 Å². The predicted molar refractivity (Wildman–Crippen MR) is 86.4 cm³/mol. The third-order valence-electron chi connectivity index (χ3n) is 2.44. The quantitative estimate of drug-likeness (QED) is 0.718. The average Bonchev–Trinajstić information content (AvgIpc) is 2.27. The first-order valence-electron chi connectivity index (χ1n) is 5.97. The number of hydrogen-bond acceptors (Lipinski definition) is 3. The SMILES string of the molecule is CC(C)NC(=O)C(C)Nc1cc(Br)ccc1C(N)=S. The second-order valence-corrected chi connectivity index (χ2v) is 5.94. The van der Waals surface area contributed by atoms with E-state index in [1.165, 1.54) is 0 Å². The molecule has 1 amide bonds. The lowest BCUT2D eigenvalue weighted by molar-refractivity contribution is -0.122. The highest BCUT2D eigenvalue weighted by molar-refractivity contribution is 9.10. The van der Waals surface area contributed by atoms with Gasteiger partial charge in [0.2, 0.25) is 5.91 Å². The Morgan fingerprint density at radius 3 is 2.53 bits per heavy atom. The molecule has 1 aromatic rings. The van der Waals surface area contributed by atoms with Crippen LogP contribution in [0.2, 0.25) is 0 Å². The van der Waals surface area contributed by atoms with Crippen molar-refractivity contribution in [3.8, 4) is 0 Å². The maximum atomic E-state index is 11.9. The molecule has 0 aliphatic carbocycles. The van der Waals surface area contributed by atoms with E-state index in [0.717, 1.165) is 15.7 Å². The fourth-order valence-electron chi connectivity index (χ4n) is 1.56. The number of nitrogens with one attached hydrogen (secondary N) is 2. The number of carbonyl (C=O) groups excluding carboxylic acids is 1. The van der Waals surface area contributed by atoms with Gasteiger partial charge < -0.3 is 16.4 Å². The topological polar surface area (TPSA) is 67.2 Å². The van der Waals surface area contributed by atoms with Crippen molar-refractivity contribution in [2.45, 2.75) is 32.9 Å². The van der Waals surface area contributed by atoms with Crippen LogP contribution in [0.3, 0.4) is 0 Å². The Labute approximate surface area is 127 Å². The molecule has 0 saturated heterocycles. The molecule has 0 saturated carbocycles. The van der Waals surface area contributed by atoms with Crippen LogP contribution in [-0.4, -0.2) is 23.0 Å². The van der Waals surface area contributed by atoms with Crippen LogP contribution < -0.4 is 16.4 Å². The first-order chi connectivity index (χ1) is 8.81. The highest BCUT2D eigenvalue weighted by Crippen LogP contribution is 2.22. The maximum absolute atomic E-state index is 11.9. The molecule has 19 heavy (non-hydrogen) atoms. The minimum atomic E-state index is -0.371. The van der Waals surface area contributed by atoms with E-state index in [4.69, 9.17) is 18.0 Å². The standard InChI is InChI=1S/C13H18BrN3OS/c1-7(2)16-13(18)8(3)17-11-6-9(14)4-5-10(11)12(15)19/h4-8,17H,1-3H3,(H2,15,19)(H,16,18). The number of anilines is 1. The van der Waals surface area contributed by atoms with Gasteiger partial charge >= 0.3 is 0 Å². The van der Waals surface area contributed by atoms with E-state index >= 15 is 0 Å². The number of benzene rings is 1. The fourth-order valence-corrected chi connectivity index (χ4v) is 2.10. The Balaban J connectivity index is 2.89. The van der Waals surface area contributed by atoms with Crippen LogP contribution in [0.4, 0.5) is 5.69 Å². The summed E-state index contributed by atoms with van der Waals surface area (Å²) in [6.07, 6.45) is 0. The molecular weight excluding hydrogens is 326 g/mol. The van der Waals surface area contributed by atoms with E-state index in [0.29, 0.717) is 4.99 Å². The van der Waals surface area contributed by atoms with Crippen LogP contribution in [-0.2, 0) is 4.79 Å². The van der Waals surface area contributed by atoms with Gasteiger partial charge in [-0.2, -0.15) is 0 Å². The fraction of sp³-hybridized carbons (Fsp3) is 0.385. The molecule has 4 N–H and O–H groups in total. The molecule has 4 nitrogen and oxygen atoms in total. The van der Waals surface area contributed by atoms with E-state index in [1.807, 2.05) is 32.0 Å². The van der Waals surface area contributed by atoms with Crippen molar-refractivity contribution in [1.82, 2.24) is 5.32 Å². The third kappa shape index (κ3) is 4.80. The molecule has 0 aliphatic heterocycles. The molecule has 0 heterocycles. The van der Waals surface area contributed by atoms with Crippen LogP contribution in [0.1, 0.15) is 26.3 Å². The van der Waals surface area contributed by atoms with Crippen LogP contribution in [0, 0.1) is 0 Å². The molecule has 0 aromatic heterocycles. The first-order valence-corrected chi connectivity index (χ1v) is 7.17. The number of hydrogen-bond donors (Lipinski definition) is 3. The summed E-state index contributed by atoms with van der Waals surface area (Å²) in [6, 6.07) is 5.27. The lowest BCUT2D eigenvalue weighted by Crippen LogP contribution is -2.41. The molecule has 104 valence electrons. The molecule has 1 rings (SSSR count). The number of thiocarbonyl (C=S) groups is 1. The van der Waals surface area contributed by atoms with E-state index in [-0.39, 0.29) is 18.0 Å². The van der Waals surface area contributed by atoms with Gasteiger partial charge in [0.15, 0.2) is 0 Å². The highest BCUT2D eigenvalue weighted by Gasteiger charge is 2.15. The summed E-state index contributed by atoms with van der Waals surface area (Å²) < 4.78 is 0.895. The number of rotatable bonds is 5. The van der Waals surface area contributed by atoms with Gasteiger partial charge in [0.25, 0.3) is 0 Å². The molecule has 6 heteroatoms. The summed E-state index contributed by atoms with van der Waals surface area (Å²) in [4.78, 5) is 12.2. The molecule has 0 bridgehead atoms. The Morgan fingerprint density at radius 1 is 1.37 bits per heavy atom. The van der Waals surface area contributed by atoms with Crippen molar-refractivity contribution >= 4 is 44.7 Å². The van der Waals surface area contributed by atoms with Crippen molar-refractivity contribution in [2.24, 2.45) is 5.73 Å². The number of carbonyl (C=O) groups is 1. The van der Waals surface area contributed by atoms with Gasteiger partial charge in [-0.1, -0.05) is 28.1 Å². The number of halogens is 1. The summed E-state index contributed by atoms with van der Waals surface area (Å²) in [7, 11) is 0. The van der Waals surface area contributed by atoms with Crippen molar-refractivity contribution in [2.75, 3.05) is 5.32 Å². The highest BCUT2D eigenvalue weighted by atomic mass is 79.9. The normalized spacial score (nSPS) is 12.1. The molecule has 1 aromatic carbocycles. The molecule has 1 unspecified atom stereocenters. The summed E-state index contributed by atoms with van der Waals surface area (Å²) >= 11 is 8.39. The van der Waals surface area contributed by atoms with Crippen LogP contribution in [0.15, 0.2) is 22.7 Å². The predicted octanol–water partition coefficient (Wildman–Crippen LogP) is 2.41. The minimum absolute atomic E-state index is 0.0659. The van der Waals surface area contributed by atoms with Crippen molar-refractivity contribution < 1.29 is 4.79 Å². The first kappa shape index (κ1) is 15.9. The second kappa shape index (κ2) is 6.86. The Kier molecular flexibility index (Phi) is 5.75. The largest absolute Gasteiger partial charge is 0.389 e. The van der Waals surface area contributed by atoms with Crippen LogP contribution >= 0.6 is 28.1 Å². The smallest absolute Gasteiger partial charge is 0.242 e. The van der Waals surface area contributed by atoms with E-state index in [2.05, 4.69) is 26.6 Å². The van der Waals surface area contributed by atoms with Gasteiger partial charge in [0.1, 0.15) is 11.0 Å². The summed E-state index contributed by atoms with van der Waals surface area (Å²) in [5, 5.41) is 5.98. The molecule has 0 spiro atoms. The lowest BCUT2D eigenvalue weighted by Gasteiger charge is -2.19. The lowest BCUT2D eigenvalue weighted by atomic mass is 10.1. The van der Waals surface area contributed by atoms with Gasteiger partial charge in [-0.25, -0.2) is 0 Å². The van der Waals surface area contributed by atoms with E-state index in [1.54, 1.807) is 6.92 Å². The second-order valence-electron chi connectivity index (χ2n) is 4.58. The average molecular weight is 344 g/mol. The molecule has 0 radical (unpaired) electrons. The zero-order valence-corrected chi connectivity index (χ0v) is 13.6. The number of amides is 1. The van der Waals surface area contributed by atoms with Gasteiger partial charge in [-0.15, -0.1) is 0 Å². The Hall–Kier alpha value is -1.14. The summed E-state index contributed by atoms with van der Waals surface area (Å²) in [5.74, 6) is -0.0659. The molecule has 0 aliphatic rings. The minimum Gasteiger partial charge on any atom is -0.389 e. The maximum Gasteiger partial charge on any atom is 0.242 e.